The number of aromatic nitrogens is 6. The van der Waals surface area contributed by atoms with Crippen molar-refractivity contribution in [2.75, 3.05) is 0 Å². The van der Waals surface area contributed by atoms with Crippen molar-refractivity contribution in [3.05, 3.63) is 74.8 Å². The van der Waals surface area contributed by atoms with Crippen molar-refractivity contribution >= 4 is 62.6 Å². The predicted molar refractivity (Wildman–Crippen MR) is 118 cm³/mol. The van der Waals surface area contributed by atoms with Gasteiger partial charge in [0.05, 0.1) is 22.3 Å². The molecule has 0 fully saturated rings. The van der Waals surface area contributed by atoms with Crippen LogP contribution in [0.4, 0.5) is 5.69 Å². The Morgan fingerprint density at radius 1 is 1.13 bits per heavy atom. The van der Waals surface area contributed by atoms with Crippen LogP contribution in [0.1, 0.15) is 5.69 Å². The van der Waals surface area contributed by atoms with Gasteiger partial charge in [0.15, 0.2) is 16.9 Å². The minimum Gasteiger partial charge on any atom is -0.453 e. The number of fused-ring (bicyclic) bond motifs is 2. The molecule has 0 amide bonds. The van der Waals surface area contributed by atoms with Crippen molar-refractivity contribution in [1.29, 1.82) is 0 Å². The van der Waals surface area contributed by atoms with Gasteiger partial charge in [0.25, 0.3) is 0 Å². The van der Waals surface area contributed by atoms with E-state index in [2.05, 4.69) is 30.2 Å². The second-order valence-corrected chi connectivity index (χ2v) is 7.72. The largest absolute Gasteiger partial charge is 0.453 e. The summed E-state index contributed by atoms with van der Waals surface area (Å²) in [6, 6.07) is 10.1. The number of benzene rings is 2. The molecule has 0 radical (unpaired) electrons. The SMILES string of the molecule is [C-]#[N+]c1cc(Cl)cc(Oc2c(Cl)ccc3nn(Cc4n[nH]c5ncccc45)nc23)c1Cl. The van der Waals surface area contributed by atoms with E-state index >= 15 is 0 Å². The number of rotatable bonds is 4. The molecule has 31 heavy (non-hydrogen) atoms. The number of pyridine rings is 1. The van der Waals surface area contributed by atoms with Crippen molar-refractivity contribution in [2.24, 2.45) is 0 Å². The number of ether oxygens (including phenoxy) is 1. The number of H-pyrrole nitrogens is 1. The fourth-order valence-electron chi connectivity index (χ4n) is 3.12. The number of nitrogens with one attached hydrogen (secondary N) is 1. The molecule has 11 heteroatoms. The lowest BCUT2D eigenvalue weighted by molar-refractivity contribution is 0.486. The smallest absolute Gasteiger partial charge is 0.210 e. The minimum absolute atomic E-state index is 0.135. The third kappa shape index (κ3) is 3.53. The van der Waals surface area contributed by atoms with Gasteiger partial charge in [-0.05, 0) is 36.4 Å². The fraction of sp³-hybridized carbons (Fsp3) is 0.0500. The van der Waals surface area contributed by atoms with Gasteiger partial charge >= 0.3 is 0 Å². The Kier molecular flexibility index (Phi) is 4.87. The van der Waals surface area contributed by atoms with Crippen molar-refractivity contribution in [1.82, 2.24) is 30.2 Å². The molecule has 8 nitrogen and oxygen atoms in total. The normalized spacial score (nSPS) is 11.2. The standard InChI is InChI=1S/C20H10Cl3N7O/c1-24-14-7-10(21)8-16(17(14)23)31-19-12(22)4-5-13-18(19)29-30(28-13)9-15-11-3-2-6-25-20(11)27-26-15/h2-8H,9H2,(H,25,26,27). The summed E-state index contributed by atoms with van der Waals surface area (Å²) in [5, 5.41) is 17.9. The highest BCUT2D eigenvalue weighted by molar-refractivity contribution is 6.37. The van der Waals surface area contributed by atoms with Gasteiger partial charge in [0, 0.05) is 16.6 Å². The molecule has 0 atom stereocenters. The average molecular weight is 471 g/mol. The van der Waals surface area contributed by atoms with E-state index in [1.54, 1.807) is 18.3 Å². The van der Waals surface area contributed by atoms with Gasteiger partial charge in [0.2, 0.25) is 5.69 Å². The van der Waals surface area contributed by atoms with Gasteiger partial charge in [-0.25, -0.2) is 9.83 Å². The van der Waals surface area contributed by atoms with Crippen molar-refractivity contribution in [3.8, 4) is 11.5 Å². The van der Waals surface area contributed by atoms with Crippen LogP contribution < -0.4 is 4.74 Å². The first kappa shape index (κ1) is 19.6. The van der Waals surface area contributed by atoms with E-state index in [0.29, 0.717) is 33.3 Å². The maximum Gasteiger partial charge on any atom is 0.210 e. The molecule has 152 valence electrons. The molecular formula is C20H10Cl3N7O. The molecule has 0 aliphatic heterocycles. The van der Waals surface area contributed by atoms with Crippen molar-refractivity contribution < 1.29 is 4.74 Å². The van der Waals surface area contributed by atoms with Crippen molar-refractivity contribution in [3.63, 3.8) is 0 Å². The first-order valence-corrected chi connectivity index (χ1v) is 10.0. The van der Waals surface area contributed by atoms with Crippen LogP contribution in [0.5, 0.6) is 11.5 Å². The Morgan fingerprint density at radius 2 is 2.00 bits per heavy atom. The van der Waals surface area contributed by atoms with Crippen LogP contribution in [-0.4, -0.2) is 30.2 Å². The molecule has 0 saturated heterocycles. The first-order valence-electron chi connectivity index (χ1n) is 8.89. The molecule has 0 spiro atoms. The Morgan fingerprint density at radius 3 is 2.84 bits per heavy atom. The molecule has 0 aliphatic rings. The Bertz CT molecular complexity index is 1500. The topological polar surface area (TPSA) is 85.9 Å². The summed E-state index contributed by atoms with van der Waals surface area (Å²) >= 11 is 18.8. The number of nitrogens with zero attached hydrogens (tertiary/aromatic N) is 6. The molecule has 3 heterocycles. The van der Waals surface area contributed by atoms with E-state index in [-0.39, 0.29) is 22.2 Å². The molecular weight excluding hydrogens is 461 g/mol. The second kappa shape index (κ2) is 7.71. The van der Waals surface area contributed by atoms with E-state index in [9.17, 15) is 0 Å². The quantitative estimate of drug-likeness (QED) is 0.323. The van der Waals surface area contributed by atoms with Crippen LogP contribution in [0.25, 0.3) is 26.9 Å². The first-order chi connectivity index (χ1) is 15.0. The van der Waals surface area contributed by atoms with Gasteiger partial charge in [-0.2, -0.15) is 15.0 Å². The molecule has 5 rings (SSSR count). The third-order valence-corrected chi connectivity index (χ3v) is 5.42. The van der Waals surface area contributed by atoms with Gasteiger partial charge in [0.1, 0.15) is 17.8 Å². The lowest BCUT2D eigenvalue weighted by Crippen LogP contribution is -2.04. The van der Waals surface area contributed by atoms with E-state index in [0.717, 1.165) is 11.1 Å². The highest BCUT2D eigenvalue weighted by Gasteiger charge is 2.18. The van der Waals surface area contributed by atoms with Crippen LogP contribution in [0, 0.1) is 6.57 Å². The zero-order valence-electron chi connectivity index (χ0n) is 15.5. The third-order valence-electron chi connectivity index (χ3n) is 4.52. The van der Waals surface area contributed by atoms with Gasteiger partial charge in [-0.1, -0.05) is 34.8 Å². The van der Waals surface area contributed by atoms with Crippen LogP contribution in [-0.2, 0) is 6.54 Å². The summed E-state index contributed by atoms with van der Waals surface area (Å²) < 4.78 is 5.96. The zero-order valence-corrected chi connectivity index (χ0v) is 17.7. The molecule has 0 unspecified atom stereocenters. The Labute approximate surface area is 190 Å². The summed E-state index contributed by atoms with van der Waals surface area (Å²) in [6.45, 7) is 7.56. The van der Waals surface area contributed by atoms with E-state index in [4.69, 9.17) is 46.1 Å². The monoisotopic (exact) mass is 469 g/mol. The maximum atomic E-state index is 7.25. The summed E-state index contributed by atoms with van der Waals surface area (Å²) in [6.07, 6.45) is 1.69. The maximum absolute atomic E-state index is 7.25. The zero-order chi connectivity index (χ0) is 21.5. The predicted octanol–water partition coefficient (Wildman–Crippen LogP) is 6.05. The molecule has 0 bridgehead atoms. The number of hydrogen-bond donors (Lipinski definition) is 1. The number of aromatic amines is 1. The molecule has 0 aliphatic carbocycles. The van der Waals surface area contributed by atoms with Crippen molar-refractivity contribution in [2.45, 2.75) is 6.54 Å². The lowest BCUT2D eigenvalue weighted by Gasteiger charge is -2.11. The molecule has 2 aromatic carbocycles. The molecule has 0 saturated carbocycles. The summed E-state index contributed by atoms with van der Waals surface area (Å²) in [5.74, 6) is 0.465. The van der Waals surface area contributed by atoms with Gasteiger partial charge in [-0.3, -0.25) is 5.10 Å². The Hall–Kier alpha value is -3.38. The van der Waals surface area contributed by atoms with Gasteiger partial charge in [-0.15, -0.1) is 5.10 Å². The van der Waals surface area contributed by atoms with Crippen LogP contribution in [0.2, 0.25) is 15.1 Å². The number of hydrogen-bond acceptors (Lipinski definition) is 5. The average Bonchev–Trinajstić information content (AvgIpc) is 3.37. The molecule has 3 aromatic heterocycles. The highest BCUT2D eigenvalue weighted by atomic mass is 35.5. The summed E-state index contributed by atoms with van der Waals surface area (Å²) in [4.78, 5) is 9.10. The van der Waals surface area contributed by atoms with Crippen LogP contribution in [0.3, 0.4) is 0 Å². The van der Waals surface area contributed by atoms with Crippen LogP contribution >= 0.6 is 34.8 Å². The highest BCUT2D eigenvalue weighted by Crippen LogP contribution is 2.42. The second-order valence-electron chi connectivity index (χ2n) is 6.50. The van der Waals surface area contributed by atoms with Gasteiger partial charge < -0.3 is 4.74 Å². The fourth-order valence-corrected chi connectivity index (χ4v) is 3.71. The van der Waals surface area contributed by atoms with Crippen LogP contribution in [0.15, 0.2) is 42.6 Å². The summed E-state index contributed by atoms with van der Waals surface area (Å²) in [5.41, 5.74) is 2.62. The Balaban J connectivity index is 1.56. The number of halogens is 3. The summed E-state index contributed by atoms with van der Waals surface area (Å²) in [7, 11) is 0. The molecule has 1 N–H and O–H groups in total. The van der Waals surface area contributed by atoms with E-state index in [1.807, 2.05) is 12.1 Å². The van der Waals surface area contributed by atoms with E-state index < -0.39 is 0 Å². The minimum atomic E-state index is 0.135. The lowest BCUT2D eigenvalue weighted by atomic mass is 10.2. The van der Waals surface area contributed by atoms with E-state index in [1.165, 1.54) is 16.9 Å². The molecule has 5 aromatic rings.